The van der Waals surface area contributed by atoms with E-state index >= 15 is 0 Å². The van der Waals surface area contributed by atoms with Crippen LogP contribution in [0.4, 0.5) is 13.2 Å². The highest BCUT2D eigenvalue weighted by Gasteiger charge is 2.39. The molecule has 1 rings (SSSR count). The largest absolute Gasteiger partial charge is 0.405 e. The molecule has 1 aromatic carbocycles. The molecule has 0 aromatic heterocycles. The SMILES string of the molecule is Cc1cc(C)cc(CSCC(C#N)C(F)(F)F)c1. The van der Waals surface area contributed by atoms with E-state index in [1.165, 1.54) is 6.07 Å². The summed E-state index contributed by atoms with van der Waals surface area (Å²) >= 11 is 1.14. The number of hydrogen-bond acceptors (Lipinski definition) is 2. The molecule has 0 bridgehead atoms. The molecule has 0 spiro atoms. The molecule has 0 aliphatic heterocycles. The minimum Gasteiger partial charge on any atom is -0.198 e. The first-order valence-corrected chi connectivity index (χ1v) is 6.59. The number of alkyl halides is 3. The summed E-state index contributed by atoms with van der Waals surface area (Å²) in [6.45, 7) is 3.91. The molecule has 98 valence electrons. The van der Waals surface area contributed by atoms with E-state index in [1.807, 2.05) is 32.0 Å². The maximum Gasteiger partial charge on any atom is 0.405 e. The zero-order valence-corrected chi connectivity index (χ0v) is 11.0. The molecule has 5 heteroatoms. The molecule has 18 heavy (non-hydrogen) atoms. The van der Waals surface area contributed by atoms with E-state index in [-0.39, 0.29) is 5.75 Å². The molecule has 0 aliphatic rings. The van der Waals surface area contributed by atoms with Crippen LogP contribution in [0.5, 0.6) is 0 Å². The van der Waals surface area contributed by atoms with Gasteiger partial charge in [-0.25, -0.2) is 0 Å². The Labute approximate surface area is 109 Å². The predicted molar refractivity (Wildman–Crippen MR) is 67.2 cm³/mol. The number of hydrogen-bond donors (Lipinski definition) is 0. The van der Waals surface area contributed by atoms with Crippen LogP contribution in [0.1, 0.15) is 16.7 Å². The Kier molecular flexibility index (Phi) is 5.09. The van der Waals surface area contributed by atoms with Crippen LogP contribution in [0.3, 0.4) is 0 Å². The van der Waals surface area contributed by atoms with Crippen LogP contribution >= 0.6 is 11.8 Å². The highest BCUT2D eigenvalue weighted by atomic mass is 32.2. The maximum atomic E-state index is 12.3. The second kappa shape index (κ2) is 6.14. The van der Waals surface area contributed by atoms with Gasteiger partial charge in [-0.15, -0.1) is 0 Å². The summed E-state index contributed by atoms with van der Waals surface area (Å²) in [4.78, 5) is 0. The van der Waals surface area contributed by atoms with E-state index in [0.717, 1.165) is 28.5 Å². The quantitative estimate of drug-likeness (QED) is 0.819. The predicted octanol–water partition coefficient (Wildman–Crippen LogP) is 4.24. The van der Waals surface area contributed by atoms with Gasteiger partial charge in [-0.1, -0.05) is 29.3 Å². The Morgan fingerprint density at radius 3 is 2.22 bits per heavy atom. The molecular formula is C13H14F3NS. The van der Waals surface area contributed by atoms with Gasteiger partial charge in [0.25, 0.3) is 0 Å². The van der Waals surface area contributed by atoms with Crippen LogP contribution < -0.4 is 0 Å². The molecule has 0 radical (unpaired) electrons. The lowest BCUT2D eigenvalue weighted by Crippen LogP contribution is -2.23. The Hall–Kier alpha value is -1.15. The Balaban J connectivity index is 2.54. The molecule has 1 nitrogen and oxygen atoms in total. The molecule has 1 atom stereocenters. The van der Waals surface area contributed by atoms with E-state index in [2.05, 4.69) is 0 Å². The van der Waals surface area contributed by atoms with E-state index < -0.39 is 12.1 Å². The van der Waals surface area contributed by atoms with Gasteiger partial charge in [0.15, 0.2) is 5.92 Å². The molecule has 0 aliphatic carbocycles. The van der Waals surface area contributed by atoms with Crippen molar-refractivity contribution in [3.05, 3.63) is 34.9 Å². The maximum absolute atomic E-state index is 12.3. The van der Waals surface area contributed by atoms with Crippen LogP contribution in [0, 0.1) is 31.1 Å². The number of thioether (sulfide) groups is 1. The molecule has 0 fully saturated rings. The third kappa shape index (κ3) is 4.61. The summed E-state index contributed by atoms with van der Waals surface area (Å²) in [5.41, 5.74) is 3.19. The zero-order chi connectivity index (χ0) is 13.8. The Morgan fingerprint density at radius 1 is 1.22 bits per heavy atom. The van der Waals surface area contributed by atoms with Crippen LogP contribution in [0.15, 0.2) is 18.2 Å². The first-order valence-electron chi connectivity index (χ1n) is 5.44. The topological polar surface area (TPSA) is 23.8 Å². The van der Waals surface area contributed by atoms with Gasteiger partial charge >= 0.3 is 6.18 Å². The highest BCUT2D eigenvalue weighted by molar-refractivity contribution is 7.98. The van der Waals surface area contributed by atoms with Crippen molar-refractivity contribution in [3.8, 4) is 6.07 Å². The second-order valence-corrected chi connectivity index (χ2v) is 5.26. The standard InChI is InChI=1S/C13H14F3NS/c1-9-3-10(2)5-11(4-9)7-18-8-12(6-17)13(14,15)16/h3-5,12H,7-8H2,1-2H3. The number of rotatable bonds is 4. The molecule has 0 saturated heterocycles. The van der Waals surface area contributed by atoms with Crippen LogP contribution in [0.2, 0.25) is 0 Å². The number of benzene rings is 1. The Bertz CT molecular complexity index is 428. The summed E-state index contributed by atoms with van der Waals surface area (Å²) in [5, 5.41) is 8.46. The molecular weight excluding hydrogens is 259 g/mol. The van der Waals surface area contributed by atoms with Crippen molar-refractivity contribution >= 4 is 11.8 Å². The lowest BCUT2D eigenvalue weighted by atomic mass is 10.1. The first kappa shape index (κ1) is 14.9. The van der Waals surface area contributed by atoms with Crippen molar-refractivity contribution in [2.24, 2.45) is 5.92 Å². The number of nitriles is 1. The summed E-state index contributed by atoms with van der Waals surface area (Å²) in [6.07, 6.45) is -4.43. The molecule has 0 N–H and O–H groups in total. The van der Waals surface area contributed by atoms with Crippen molar-refractivity contribution in [1.29, 1.82) is 5.26 Å². The van der Waals surface area contributed by atoms with Crippen LogP contribution in [-0.4, -0.2) is 11.9 Å². The normalized spacial score (nSPS) is 13.1. The van der Waals surface area contributed by atoms with Crippen molar-refractivity contribution in [2.75, 3.05) is 5.75 Å². The fraction of sp³-hybridized carbons (Fsp3) is 0.462. The molecule has 0 saturated carbocycles. The third-order valence-electron chi connectivity index (χ3n) is 2.39. The molecule has 0 heterocycles. The average molecular weight is 273 g/mol. The Morgan fingerprint density at radius 2 is 1.78 bits per heavy atom. The number of aryl methyl sites for hydroxylation is 2. The van der Waals surface area contributed by atoms with Gasteiger partial charge in [0, 0.05) is 11.5 Å². The van der Waals surface area contributed by atoms with Gasteiger partial charge in [-0.2, -0.15) is 30.2 Å². The summed E-state index contributed by atoms with van der Waals surface area (Å²) in [6, 6.07) is 7.23. The monoisotopic (exact) mass is 273 g/mol. The van der Waals surface area contributed by atoms with Gasteiger partial charge < -0.3 is 0 Å². The zero-order valence-electron chi connectivity index (χ0n) is 10.2. The lowest BCUT2D eigenvalue weighted by molar-refractivity contribution is -0.152. The van der Waals surface area contributed by atoms with Crippen LogP contribution in [-0.2, 0) is 5.75 Å². The van der Waals surface area contributed by atoms with Crippen molar-refractivity contribution in [1.82, 2.24) is 0 Å². The fourth-order valence-electron chi connectivity index (χ4n) is 1.65. The van der Waals surface area contributed by atoms with Crippen molar-refractivity contribution in [2.45, 2.75) is 25.8 Å². The van der Waals surface area contributed by atoms with Gasteiger partial charge in [0.1, 0.15) is 0 Å². The molecule has 0 amide bonds. The average Bonchev–Trinajstić information content (AvgIpc) is 2.21. The van der Waals surface area contributed by atoms with Crippen molar-refractivity contribution in [3.63, 3.8) is 0 Å². The van der Waals surface area contributed by atoms with E-state index in [4.69, 9.17) is 5.26 Å². The van der Waals surface area contributed by atoms with Gasteiger partial charge in [0.2, 0.25) is 0 Å². The van der Waals surface area contributed by atoms with E-state index in [0.29, 0.717) is 5.75 Å². The fourth-order valence-corrected chi connectivity index (χ4v) is 2.67. The van der Waals surface area contributed by atoms with Gasteiger partial charge in [-0.05, 0) is 19.4 Å². The van der Waals surface area contributed by atoms with Gasteiger partial charge in [-0.3, -0.25) is 0 Å². The summed E-state index contributed by atoms with van der Waals surface area (Å²) < 4.78 is 37.0. The van der Waals surface area contributed by atoms with E-state index in [9.17, 15) is 13.2 Å². The molecule has 1 aromatic rings. The number of halogens is 3. The lowest BCUT2D eigenvalue weighted by Gasteiger charge is -2.12. The second-order valence-electron chi connectivity index (χ2n) is 4.23. The van der Waals surface area contributed by atoms with Crippen molar-refractivity contribution < 1.29 is 13.2 Å². The van der Waals surface area contributed by atoms with Gasteiger partial charge in [0.05, 0.1) is 6.07 Å². The minimum atomic E-state index is -4.43. The highest BCUT2D eigenvalue weighted by Crippen LogP contribution is 2.29. The third-order valence-corrected chi connectivity index (χ3v) is 3.49. The van der Waals surface area contributed by atoms with E-state index in [1.54, 1.807) is 0 Å². The smallest absolute Gasteiger partial charge is 0.198 e. The minimum absolute atomic E-state index is 0.215. The summed E-state index contributed by atoms with van der Waals surface area (Å²) in [7, 11) is 0. The first-order chi connectivity index (χ1) is 8.32. The molecule has 1 unspecified atom stereocenters. The van der Waals surface area contributed by atoms with Crippen LogP contribution in [0.25, 0.3) is 0 Å². The number of nitrogens with zero attached hydrogens (tertiary/aromatic N) is 1. The summed E-state index contributed by atoms with van der Waals surface area (Å²) in [5.74, 6) is -1.60.